The van der Waals surface area contributed by atoms with Crippen LogP contribution < -0.4 is 4.90 Å². The van der Waals surface area contributed by atoms with Crippen molar-refractivity contribution in [3.63, 3.8) is 0 Å². The van der Waals surface area contributed by atoms with Gasteiger partial charge in [-0.2, -0.15) is 4.37 Å². The van der Waals surface area contributed by atoms with E-state index in [4.69, 9.17) is 0 Å². The van der Waals surface area contributed by atoms with Crippen molar-refractivity contribution in [2.75, 3.05) is 11.4 Å². The Hall–Kier alpha value is -1.17. The zero-order valence-electron chi connectivity index (χ0n) is 11.1. The van der Waals surface area contributed by atoms with Crippen LogP contribution in [0.4, 0.5) is 5.13 Å². The summed E-state index contributed by atoms with van der Waals surface area (Å²) in [6, 6.07) is 0. The Morgan fingerprint density at radius 1 is 1.58 bits per heavy atom. The van der Waals surface area contributed by atoms with E-state index in [-0.39, 0.29) is 0 Å². The molecule has 1 saturated carbocycles. The Morgan fingerprint density at radius 2 is 2.37 bits per heavy atom. The first-order chi connectivity index (χ1) is 9.17. The highest BCUT2D eigenvalue weighted by Gasteiger charge is 2.48. The van der Waals surface area contributed by atoms with Crippen LogP contribution in [0.25, 0.3) is 0 Å². The molecule has 0 spiro atoms. The van der Waals surface area contributed by atoms with Gasteiger partial charge in [0.25, 0.3) is 0 Å². The monoisotopic (exact) mass is 281 g/mol. The highest BCUT2D eigenvalue weighted by molar-refractivity contribution is 7.09. The van der Waals surface area contributed by atoms with E-state index in [1.807, 2.05) is 11.8 Å². The molecule has 1 unspecified atom stereocenters. The molecule has 1 aromatic heterocycles. The first kappa shape index (κ1) is 12.8. The highest BCUT2D eigenvalue weighted by Crippen LogP contribution is 2.43. The predicted octanol–water partition coefficient (Wildman–Crippen LogP) is 2.64. The Bertz CT molecular complexity index is 486. The second kappa shape index (κ2) is 4.74. The van der Waals surface area contributed by atoms with Crippen molar-refractivity contribution in [2.24, 2.45) is 0 Å². The zero-order valence-corrected chi connectivity index (χ0v) is 11.9. The van der Waals surface area contributed by atoms with E-state index >= 15 is 0 Å². The molecule has 6 heteroatoms. The normalized spacial score (nSPS) is 26.9. The van der Waals surface area contributed by atoms with Crippen molar-refractivity contribution < 1.29 is 9.90 Å². The third kappa shape index (κ3) is 2.12. The van der Waals surface area contributed by atoms with Gasteiger partial charge in [-0.05, 0) is 32.1 Å². The van der Waals surface area contributed by atoms with E-state index < -0.39 is 11.5 Å². The van der Waals surface area contributed by atoms with Crippen LogP contribution in [0.5, 0.6) is 0 Å². The largest absolute Gasteiger partial charge is 0.479 e. The predicted molar refractivity (Wildman–Crippen MR) is 73.7 cm³/mol. The number of nitrogens with zero attached hydrogens (tertiary/aromatic N) is 3. The molecule has 2 aliphatic rings. The van der Waals surface area contributed by atoms with E-state index in [9.17, 15) is 9.90 Å². The fraction of sp³-hybridized carbons (Fsp3) is 0.769. The summed E-state index contributed by atoms with van der Waals surface area (Å²) in [5.41, 5.74) is -0.755. The van der Waals surface area contributed by atoms with E-state index in [0.29, 0.717) is 18.8 Å². The molecule has 1 aromatic rings. The number of anilines is 1. The molecule has 2 fully saturated rings. The van der Waals surface area contributed by atoms with Crippen LogP contribution in [0.2, 0.25) is 0 Å². The number of hydrogen-bond acceptors (Lipinski definition) is 5. The highest BCUT2D eigenvalue weighted by atomic mass is 32.1. The molecular weight excluding hydrogens is 262 g/mol. The molecule has 19 heavy (non-hydrogen) atoms. The quantitative estimate of drug-likeness (QED) is 0.898. The zero-order chi connectivity index (χ0) is 13.5. The summed E-state index contributed by atoms with van der Waals surface area (Å²) in [5, 5.41) is 10.5. The topological polar surface area (TPSA) is 66.3 Å². The lowest BCUT2D eigenvalue weighted by Gasteiger charge is -2.34. The fourth-order valence-corrected chi connectivity index (χ4v) is 3.87. The molecule has 5 nitrogen and oxygen atoms in total. The van der Waals surface area contributed by atoms with Crippen LogP contribution >= 0.6 is 11.5 Å². The third-order valence-corrected chi connectivity index (χ3v) is 4.91. The second-order valence-electron chi connectivity index (χ2n) is 5.55. The molecule has 1 saturated heterocycles. The van der Waals surface area contributed by atoms with Crippen LogP contribution in [0.1, 0.15) is 57.2 Å². The molecule has 1 aliphatic heterocycles. The van der Waals surface area contributed by atoms with Gasteiger partial charge in [0, 0.05) is 24.0 Å². The van der Waals surface area contributed by atoms with Crippen molar-refractivity contribution in [2.45, 2.75) is 56.9 Å². The van der Waals surface area contributed by atoms with Crippen molar-refractivity contribution in [1.82, 2.24) is 9.36 Å². The molecule has 3 rings (SSSR count). The van der Waals surface area contributed by atoms with Gasteiger partial charge < -0.3 is 10.0 Å². The summed E-state index contributed by atoms with van der Waals surface area (Å²) in [7, 11) is 0. The minimum atomic E-state index is -0.755. The van der Waals surface area contributed by atoms with Gasteiger partial charge in [0.15, 0.2) is 0 Å². The molecule has 1 atom stereocenters. The number of carbonyl (C=O) groups is 1. The molecule has 0 bridgehead atoms. The summed E-state index contributed by atoms with van der Waals surface area (Å²) in [5.74, 6) is 0.732. The number of carboxylic acid groups (broad SMARTS) is 1. The lowest BCUT2D eigenvalue weighted by atomic mass is 9.91. The average Bonchev–Trinajstić information content (AvgIpc) is 2.96. The minimum absolute atomic E-state index is 0.526. The van der Waals surface area contributed by atoms with Crippen LogP contribution in [0.3, 0.4) is 0 Å². The lowest BCUT2D eigenvalue weighted by molar-refractivity contribution is -0.143. The number of rotatable bonds is 5. The maximum atomic E-state index is 11.8. The molecular formula is C13H19N3O2S. The third-order valence-electron chi connectivity index (χ3n) is 4.15. The van der Waals surface area contributed by atoms with Gasteiger partial charge in [-0.15, -0.1) is 0 Å². The molecule has 0 radical (unpaired) electrons. The molecule has 104 valence electrons. The van der Waals surface area contributed by atoms with E-state index in [1.54, 1.807) is 0 Å². The first-order valence-corrected chi connectivity index (χ1v) is 7.79. The van der Waals surface area contributed by atoms with Crippen molar-refractivity contribution >= 4 is 22.6 Å². The summed E-state index contributed by atoms with van der Waals surface area (Å²) < 4.78 is 4.40. The van der Waals surface area contributed by atoms with Crippen LogP contribution in [0.15, 0.2) is 0 Å². The summed E-state index contributed by atoms with van der Waals surface area (Å²) in [6.45, 7) is 2.82. The first-order valence-electron chi connectivity index (χ1n) is 7.02. The SMILES string of the molecule is CCCC1(C(=O)O)CCCN1c1nc(C2CC2)ns1. The van der Waals surface area contributed by atoms with E-state index in [2.05, 4.69) is 9.36 Å². The smallest absolute Gasteiger partial charge is 0.329 e. The van der Waals surface area contributed by atoms with Crippen LogP contribution in [0, 0.1) is 0 Å². The van der Waals surface area contributed by atoms with E-state index in [1.165, 1.54) is 24.4 Å². The maximum Gasteiger partial charge on any atom is 0.329 e. The number of hydrogen-bond donors (Lipinski definition) is 1. The van der Waals surface area contributed by atoms with Gasteiger partial charge in [-0.3, -0.25) is 0 Å². The van der Waals surface area contributed by atoms with Gasteiger partial charge in [0.2, 0.25) is 5.13 Å². The van der Waals surface area contributed by atoms with Crippen LogP contribution in [-0.2, 0) is 4.79 Å². The molecule has 1 aliphatic carbocycles. The van der Waals surface area contributed by atoms with Crippen molar-refractivity contribution in [1.29, 1.82) is 0 Å². The Kier molecular flexibility index (Phi) is 3.20. The minimum Gasteiger partial charge on any atom is -0.479 e. The van der Waals surface area contributed by atoms with Crippen LogP contribution in [-0.4, -0.2) is 32.5 Å². The Morgan fingerprint density at radius 3 is 3.00 bits per heavy atom. The fourth-order valence-electron chi connectivity index (χ4n) is 3.00. The summed E-state index contributed by atoms with van der Waals surface area (Å²) >= 11 is 1.36. The maximum absolute atomic E-state index is 11.8. The summed E-state index contributed by atoms with van der Waals surface area (Å²) in [4.78, 5) is 18.3. The van der Waals surface area contributed by atoms with Crippen molar-refractivity contribution in [3.05, 3.63) is 5.82 Å². The van der Waals surface area contributed by atoms with Crippen molar-refractivity contribution in [3.8, 4) is 0 Å². The van der Waals surface area contributed by atoms with Gasteiger partial charge in [-0.1, -0.05) is 13.3 Å². The number of carboxylic acids is 1. The molecule has 0 aromatic carbocycles. The van der Waals surface area contributed by atoms with Gasteiger partial charge >= 0.3 is 5.97 Å². The lowest BCUT2D eigenvalue weighted by Crippen LogP contribution is -2.50. The number of aliphatic carboxylic acids is 1. The Labute approximate surface area is 116 Å². The van der Waals surface area contributed by atoms with E-state index in [0.717, 1.165) is 30.3 Å². The van der Waals surface area contributed by atoms with Gasteiger partial charge in [0.05, 0.1) is 0 Å². The standard InChI is InChI=1S/C13H19N3O2S/c1-2-6-13(11(17)18)7-3-8-16(13)12-14-10(15-19-12)9-4-5-9/h9H,2-8H2,1H3,(H,17,18). The second-order valence-corrected chi connectivity index (χ2v) is 6.28. The average molecular weight is 281 g/mol. The van der Waals surface area contributed by atoms with Gasteiger partial charge in [0.1, 0.15) is 11.4 Å². The molecule has 0 amide bonds. The molecule has 1 N–H and O–H groups in total. The Balaban J connectivity index is 1.89. The number of aromatic nitrogens is 2. The summed E-state index contributed by atoms with van der Waals surface area (Å²) in [6.07, 6.45) is 5.54. The molecule has 2 heterocycles. The van der Waals surface area contributed by atoms with Gasteiger partial charge in [-0.25, -0.2) is 9.78 Å².